The standard InChI is InChI=1S/C11H24O3Si/c1-4-7-8-9-10(12)15-11(13-5-2)14-6-3/h11H,4-9,15H2,1-3H3. The molecule has 0 aliphatic carbocycles. The van der Waals surface area contributed by atoms with Gasteiger partial charge < -0.3 is 14.3 Å². The van der Waals surface area contributed by atoms with Crippen LogP contribution in [0.2, 0.25) is 0 Å². The van der Waals surface area contributed by atoms with Crippen LogP contribution in [0.25, 0.3) is 0 Å². The van der Waals surface area contributed by atoms with Gasteiger partial charge in [0, 0.05) is 19.6 Å². The van der Waals surface area contributed by atoms with Crippen molar-refractivity contribution >= 4 is 14.9 Å². The van der Waals surface area contributed by atoms with E-state index in [4.69, 9.17) is 9.47 Å². The van der Waals surface area contributed by atoms with E-state index in [1.807, 2.05) is 13.8 Å². The molecular weight excluding hydrogens is 208 g/mol. The molecule has 0 aliphatic rings. The minimum atomic E-state index is -0.884. The molecule has 0 aliphatic heterocycles. The Labute approximate surface area is 95.4 Å². The van der Waals surface area contributed by atoms with Gasteiger partial charge in [-0.25, -0.2) is 0 Å². The summed E-state index contributed by atoms with van der Waals surface area (Å²) in [5.41, 5.74) is 0. The highest BCUT2D eigenvalue weighted by molar-refractivity contribution is 6.74. The average molecular weight is 232 g/mol. The summed E-state index contributed by atoms with van der Waals surface area (Å²) in [6, 6.07) is 0. The lowest BCUT2D eigenvalue weighted by Crippen LogP contribution is -2.30. The summed E-state index contributed by atoms with van der Waals surface area (Å²) in [6.07, 6.45) is 4.05. The van der Waals surface area contributed by atoms with Crippen molar-refractivity contribution in [1.82, 2.24) is 0 Å². The van der Waals surface area contributed by atoms with Gasteiger partial charge in [-0.15, -0.1) is 0 Å². The van der Waals surface area contributed by atoms with Gasteiger partial charge >= 0.3 is 0 Å². The second-order valence-electron chi connectivity index (χ2n) is 3.54. The SMILES string of the molecule is CCCCCC(=O)[SiH2]C(OCC)OCC. The summed E-state index contributed by atoms with van der Waals surface area (Å²) >= 11 is 0. The summed E-state index contributed by atoms with van der Waals surface area (Å²) in [6.45, 7) is 7.26. The Hall–Kier alpha value is -0.193. The van der Waals surface area contributed by atoms with E-state index in [-0.39, 0.29) is 5.91 Å². The smallest absolute Gasteiger partial charge is 0.167 e. The van der Waals surface area contributed by atoms with Crippen LogP contribution in [-0.2, 0) is 14.3 Å². The second-order valence-corrected chi connectivity index (χ2v) is 5.40. The number of carbonyl (C=O) groups is 1. The fraction of sp³-hybridized carbons (Fsp3) is 0.909. The number of hydrogen-bond acceptors (Lipinski definition) is 3. The van der Waals surface area contributed by atoms with E-state index < -0.39 is 9.52 Å². The predicted octanol–water partition coefficient (Wildman–Crippen LogP) is 1.62. The molecule has 0 aromatic heterocycles. The van der Waals surface area contributed by atoms with Crippen LogP contribution in [0.5, 0.6) is 0 Å². The van der Waals surface area contributed by atoms with Crippen LogP contribution < -0.4 is 0 Å². The molecule has 0 saturated heterocycles. The van der Waals surface area contributed by atoms with E-state index >= 15 is 0 Å². The van der Waals surface area contributed by atoms with Gasteiger partial charge in [-0.1, -0.05) is 19.8 Å². The molecule has 0 aromatic rings. The van der Waals surface area contributed by atoms with Crippen LogP contribution in [-0.4, -0.2) is 34.1 Å². The third kappa shape index (κ3) is 8.78. The molecule has 0 heterocycles. The molecule has 0 bridgehead atoms. The number of ether oxygens (including phenoxy) is 2. The Morgan fingerprint density at radius 3 is 2.20 bits per heavy atom. The molecular formula is C11H24O3Si. The molecule has 0 N–H and O–H groups in total. The fourth-order valence-corrected chi connectivity index (χ4v) is 2.93. The van der Waals surface area contributed by atoms with Crippen LogP contribution in [0.1, 0.15) is 46.5 Å². The zero-order valence-corrected chi connectivity index (χ0v) is 11.7. The van der Waals surface area contributed by atoms with E-state index in [1.54, 1.807) is 0 Å². The summed E-state index contributed by atoms with van der Waals surface area (Å²) in [5, 5.41) is 0.385. The first-order valence-corrected chi connectivity index (χ1v) is 7.51. The molecule has 0 fully saturated rings. The van der Waals surface area contributed by atoms with Crippen molar-refractivity contribution in [3.8, 4) is 0 Å². The van der Waals surface area contributed by atoms with Crippen molar-refractivity contribution in [3.63, 3.8) is 0 Å². The second kappa shape index (κ2) is 10.3. The molecule has 90 valence electrons. The van der Waals surface area contributed by atoms with Crippen LogP contribution in [0, 0.1) is 0 Å². The van der Waals surface area contributed by atoms with Crippen LogP contribution in [0.15, 0.2) is 0 Å². The van der Waals surface area contributed by atoms with Gasteiger partial charge in [0.15, 0.2) is 9.52 Å². The topological polar surface area (TPSA) is 35.5 Å². The van der Waals surface area contributed by atoms with E-state index in [2.05, 4.69) is 6.92 Å². The summed E-state index contributed by atoms with van der Waals surface area (Å²) < 4.78 is 10.8. The largest absolute Gasteiger partial charge is 0.357 e. The van der Waals surface area contributed by atoms with Crippen molar-refractivity contribution in [2.24, 2.45) is 0 Å². The van der Waals surface area contributed by atoms with Crippen molar-refractivity contribution in [2.45, 2.75) is 52.4 Å². The Morgan fingerprint density at radius 1 is 1.13 bits per heavy atom. The highest BCUT2D eigenvalue weighted by Crippen LogP contribution is 2.01. The molecule has 0 spiro atoms. The molecule has 0 saturated carbocycles. The minimum absolute atomic E-state index is 0.200. The summed E-state index contributed by atoms with van der Waals surface area (Å²) in [7, 11) is -0.884. The maximum atomic E-state index is 11.6. The molecule has 3 nitrogen and oxygen atoms in total. The van der Waals surface area contributed by atoms with Gasteiger partial charge in [0.05, 0.1) is 0 Å². The molecule has 0 radical (unpaired) electrons. The number of rotatable bonds is 10. The van der Waals surface area contributed by atoms with E-state index in [0.717, 1.165) is 25.7 Å². The monoisotopic (exact) mass is 232 g/mol. The highest BCUT2D eigenvalue weighted by atomic mass is 28.2. The Balaban J connectivity index is 3.67. The third-order valence-corrected chi connectivity index (χ3v) is 3.77. The number of unbranched alkanes of at least 4 members (excludes halogenated alkanes) is 2. The van der Waals surface area contributed by atoms with Crippen molar-refractivity contribution in [3.05, 3.63) is 0 Å². The lowest BCUT2D eigenvalue weighted by atomic mass is 10.2. The molecule has 0 aromatic carbocycles. The summed E-state index contributed by atoms with van der Waals surface area (Å²) in [5.74, 6) is -0.200. The molecule has 15 heavy (non-hydrogen) atoms. The number of hydrogen-bond donors (Lipinski definition) is 0. The van der Waals surface area contributed by atoms with Crippen molar-refractivity contribution < 1.29 is 14.3 Å². The normalized spacial score (nSPS) is 11.7. The number of carbonyl (C=O) groups excluding carboxylic acids is 1. The quantitative estimate of drug-likeness (QED) is 0.326. The maximum absolute atomic E-state index is 11.6. The Kier molecular flexibility index (Phi) is 10.2. The zero-order chi connectivity index (χ0) is 11.5. The van der Waals surface area contributed by atoms with Crippen LogP contribution in [0.3, 0.4) is 0 Å². The van der Waals surface area contributed by atoms with Crippen LogP contribution in [0.4, 0.5) is 0 Å². The van der Waals surface area contributed by atoms with Gasteiger partial charge in [-0.05, 0) is 20.3 Å². The van der Waals surface area contributed by atoms with E-state index in [9.17, 15) is 4.79 Å². The molecule has 0 rings (SSSR count). The Bertz CT molecular complexity index is 156. The molecule has 0 amide bonds. The van der Waals surface area contributed by atoms with Gasteiger partial charge in [-0.3, -0.25) is 0 Å². The van der Waals surface area contributed by atoms with Gasteiger partial charge in [0.2, 0.25) is 0 Å². The lowest BCUT2D eigenvalue weighted by molar-refractivity contribution is -0.115. The molecule has 0 unspecified atom stereocenters. The van der Waals surface area contributed by atoms with Crippen molar-refractivity contribution in [1.29, 1.82) is 0 Å². The lowest BCUT2D eigenvalue weighted by Gasteiger charge is -2.15. The molecule has 0 atom stereocenters. The van der Waals surface area contributed by atoms with Crippen LogP contribution >= 0.6 is 0 Å². The van der Waals surface area contributed by atoms with Gasteiger partial charge in [-0.2, -0.15) is 0 Å². The third-order valence-electron chi connectivity index (χ3n) is 2.16. The fourth-order valence-electron chi connectivity index (χ4n) is 1.40. The van der Waals surface area contributed by atoms with E-state index in [1.165, 1.54) is 0 Å². The maximum Gasteiger partial charge on any atom is 0.167 e. The average Bonchev–Trinajstić information content (AvgIpc) is 2.19. The van der Waals surface area contributed by atoms with E-state index in [0.29, 0.717) is 18.6 Å². The van der Waals surface area contributed by atoms with Gasteiger partial charge in [0.25, 0.3) is 0 Å². The highest BCUT2D eigenvalue weighted by Gasteiger charge is 2.14. The Morgan fingerprint density at radius 2 is 1.73 bits per heavy atom. The first-order chi connectivity index (χ1) is 7.24. The first-order valence-electron chi connectivity index (χ1n) is 5.99. The first kappa shape index (κ1) is 14.8. The minimum Gasteiger partial charge on any atom is -0.357 e. The van der Waals surface area contributed by atoms with Gasteiger partial charge in [0.1, 0.15) is 11.3 Å². The zero-order valence-electron chi connectivity index (χ0n) is 10.3. The molecule has 4 heteroatoms. The summed E-state index contributed by atoms with van der Waals surface area (Å²) in [4.78, 5) is 11.6. The predicted molar refractivity (Wildman–Crippen MR) is 64.7 cm³/mol. The van der Waals surface area contributed by atoms with Crippen molar-refractivity contribution in [2.75, 3.05) is 13.2 Å².